The third-order valence-corrected chi connectivity index (χ3v) is 13.5. The minimum absolute atomic E-state index is 0.193. The third-order valence-electron chi connectivity index (χ3n) is 12.5. The number of nitrogens with zero attached hydrogens (tertiary/aromatic N) is 1. The highest BCUT2D eigenvalue weighted by atomic mass is 32.2. The van der Waals surface area contributed by atoms with E-state index in [1.165, 1.54) is 86.8 Å². The summed E-state index contributed by atoms with van der Waals surface area (Å²) in [6.45, 7) is 16.3. The van der Waals surface area contributed by atoms with Crippen LogP contribution in [-0.4, -0.2) is 7.05 Å². The van der Waals surface area contributed by atoms with Gasteiger partial charge in [0.05, 0.1) is 5.69 Å². The first-order valence-corrected chi connectivity index (χ1v) is 21.1. The van der Waals surface area contributed by atoms with Crippen LogP contribution in [0.15, 0.2) is 204 Å². The van der Waals surface area contributed by atoms with Crippen LogP contribution in [0.1, 0.15) is 44.4 Å². The van der Waals surface area contributed by atoms with Crippen LogP contribution < -0.4 is 4.90 Å². The highest BCUT2D eigenvalue weighted by Crippen LogP contribution is 2.53. The Morgan fingerprint density at radius 2 is 1.16 bits per heavy atom. The molecule has 284 valence electrons. The van der Waals surface area contributed by atoms with Gasteiger partial charge in [0.2, 0.25) is 0 Å². The molecular weight excluding hydrogens is 719 g/mol. The van der Waals surface area contributed by atoms with Crippen molar-refractivity contribution >= 4 is 71.3 Å². The van der Waals surface area contributed by atoms with E-state index < -0.39 is 0 Å². The molecule has 58 heavy (non-hydrogen) atoms. The highest BCUT2D eigenvalue weighted by Gasteiger charge is 2.41. The average molecular weight is 768 g/mol. The quantitative estimate of drug-likeness (QED) is 0.0861. The first-order chi connectivity index (χ1) is 28.1. The van der Waals surface area contributed by atoms with E-state index in [9.17, 15) is 0 Å². The van der Waals surface area contributed by atoms with Crippen molar-refractivity contribution in [2.75, 3.05) is 11.9 Å². The maximum absolute atomic E-state index is 4.69. The van der Waals surface area contributed by atoms with Gasteiger partial charge in [0.25, 0.3) is 0 Å². The molecule has 0 aromatic heterocycles. The summed E-state index contributed by atoms with van der Waals surface area (Å²) >= 11 is 1.79. The number of thioether (sulfide) groups is 1. The van der Waals surface area contributed by atoms with Crippen LogP contribution in [0.5, 0.6) is 0 Å². The van der Waals surface area contributed by atoms with Crippen molar-refractivity contribution in [3.05, 3.63) is 215 Å². The number of likely N-dealkylation sites (N-methyl/N-ethyl adjacent to an activating group) is 1. The molecule has 0 aliphatic carbocycles. The van der Waals surface area contributed by atoms with E-state index in [0.717, 1.165) is 10.5 Å². The van der Waals surface area contributed by atoms with Crippen molar-refractivity contribution < 1.29 is 0 Å². The van der Waals surface area contributed by atoms with Crippen LogP contribution >= 0.6 is 11.8 Å². The molecule has 0 N–H and O–H groups in total. The monoisotopic (exact) mass is 767 g/mol. The van der Waals surface area contributed by atoms with E-state index >= 15 is 0 Å². The smallest absolute Gasteiger partial charge is 0.0534 e. The molecule has 2 heteroatoms. The molecular formula is C56H49NS. The molecule has 0 saturated carbocycles. The molecule has 8 aromatic rings. The number of fused-ring (bicyclic) bond motifs is 10. The lowest BCUT2D eigenvalue weighted by atomic mass is 9.73. The zero-order chi connectivity index (χ0) is 40.2. The number of allylic oxidation sites excluding steroid dienone is 8. The average Bonchev–Trinajstić information content (AvgIpc) is 3.44. The minimum Gasteiger partial charge on any atom is -0.347 e. The summed E-state index contributed by atoms with van der Waals surface area (Å²) in [5, 5.41) is 12.9. The largest absolute Gasteiger partial charge is 0.347 e. The number of hydrogen-bond donors (Lipinski definition) is 0. The van der Waals surface area contributed by atoms with Crippen molar-refractivity contribution in [1.82, 2.24) is 0 Å². The molecule has 1 heterocycles. The van der Waals surface area contributed by atoms with Crippen LogP contribution in [0.4, 0.5) is 5.69 Å². The predicted molar refractivity (Wildman–Crippen MR) is 255 cm³/mol. The van der Waals surface area contributed by atoms with Crippen LogP contribution in [0.2, 0.25) is 0 Å². The number of anilines is 1. The summed E-state index contributed by atoms with van der Waals surface area (Å²) in [4.78, 5) is 4.77. The van der Waals surface area contributed by atoms with Crippen molar-refractivity contribution in [1.29, 1.82) is 0 Å². The number of aryl methyl sites for hydroxylation is 1. The summed E-state index contributed by atoms with van der Waals surface area (Å²) in [6, 6.07) is 50.7. The first kappa shape index (κ1) is 37.5. The second-order valence-electron chi connectivity index (χ2n) is 16.7. The molecule has 8 aromatic carbocycles. The van der Waals surface area contributed by atoms with Gasteiger partial charge in [-0.2, -0.15) is 0 Å². The van der Waals surface area contributed by atoms with Crippen molar-refractivity contribution in [2.45, 2.75) is 50.3 Å². The SMILES string of the molecule is C=C(/C=C/C=C(/C=C/C=C1/N(C)c2c(c3ccccc3c3ccccc23)C1(C)C)Sc1ccc2ccccc2c1)C(C)(C)c1c(C)c2ccccc2c2ccccc12. The second-order valence-corrected chi connectivity index (χ2v) is 17.8. The molecule has 0 spiro atoms. The van der Waals surface area contributed by atoms with Crippen molar-refractivity contribution in [3.63, 3.8) is 0 Å². The Morgan fingerprint density at radius 3 is 1.84 bits per heavy atom. The van der Waals surface area contributed by atoms with Crippen LogP contribution in [-0.2, 0) is 10.8 Å². The van der Waals surface area contributed by atoms with Gasteiger partial charge in [0.1, 0.15) is 0 Å². The lowest BCUT2D eigenvalue weighted by molar-refractivity contribution is 0.644. The van der Waals surface area contributed by atoms with E-state index in [-0.39, 0.29) is 10.8 Å². The van der Waals surface area contributed by atoms with E-state index in [1.807, 2.05) is 0 Å². The number of hydrogen-bond acceptors (Lipinski definition) is 2. The van der Waals surface area contributed by atoms with Gasteiger partial charge in [-0.15, -0.1) is 0 Å². The molecule has 0 amide bonds. The number of rotatable bonds is 8. The van der Waals surface area contributed by atoms with Crippen molar-refractivity contribution in [2.24, 2.45) is 0 Å². The summed E-state index contributed by atoms with van der Waals surface area (Å²) in [5.74, 6) is 0. The van der Waals surface area contributed by atoms with Crippen LogP contribution in [0, 0.1) is 6.92 Å². The number of benzene rings is 8. The lowest BCUT2D eigenvalue weighted by Gasteiger charge is -2.31. The normalized spacial score (nSPS) is 15.3. The maximum atomic E-state index is 4.69. The second kappa shape index (κ2) is 14.7. The Labute approximate surface area is 347 Å². The highest BCUT2D eigenvalue weighted by molar-refractivity contribution is 8.03. The third kappa shape index (κ3) is 6.28. The maximum Gasteiger partial charge on any atom is 0.0534 e. The molecule has 0 bridgehead atoms. The van der Waals surface area contributed by atoms with Gasteiger partial charge in [-0.25, -0.2) is 0 Å². The zero-order valence-electron chi connectivity index (χ0n) is 34.3. The molecule has 0 saturated heterocycles. The molecule has 0 atom stereocenters. The molecule has 1 aliphatic rings. The van der Waals surface area contributed by atoms with E-state index in [4.69, 9.17) is 6.58 Å². The molecule has 1 nitrogen and oxygen atoms in total. The van der Waals surface area contributed by atoms with Gasteiger partial charge in [-0.3, -0.25) is 0 Å². The summed E-state index contributed by atoms with van der Waals surface area (Å²) in [6.07, 6.45) is 13.4. The zero-order valence-corrected chi connectivity index (χ0v) is 35.1. The van der Waals surface area contributed by atoms with E-state index in [1.54, 1.807) is 11.8 Å². The topological polar surface area (TPSA) is 3.24 Å². The van der Waals surface area contributed by atoms with Gasteiger partial charge in [-0.1, -0.05) is 192 Å². The summed E-state index contributed by atoms with van der Waals surface area (Å²) < 4.78 is 0. The fourth-order valence-corrected chi connectivity index (χ4v) is 10.5. The Morgan fingerprint density at radius 1 is 0.621 bits per heavy atom. The molecule has 0 fully saturated rings. The van der Waals surface area contributed by atoms with Crippen molar-refractivity contribution in [3.8, 4) is 0 Å². The van der Waals surface area contributed by atoms with E-state index in [2.05, 4.69) is 223 Å². The molecule has 0 radical (unpaired) electrons. The molecule has 0 unspecified atom stereocenters. The van der Waals surface area contributed by atoms with Gasteiger partial charge in [-0.05, 0) is 108 Å². The van der Waals surface area contributed by atoms with Gasteiger partial charge < -0.3 is 4.90 Å². The van der Waals surface area contributed by atoms with Gasteiger partial charge in [0, 0.05) is 38.8 Å². The summed E-state index contributed by atoms with van der Waals surface area (Å²) in [5.41, 5.74) is 7.20. The fraction of sp³-hybridized carbons (Fsp3) is 0.143. The Bertz CT molecular complexity index is 3080. The lowest BCUT2D eigenvalue weighted by Crippen LogP contribution is -2.22. The first-order valence-electron chi connectivity index (χ1n) is 20.3. The standard InChI is InChI=1S/C56H49NS/c1-37(55(3,4)52-38(2)43-25-10-11-26-44(43)45-27-12-15-30-48(45)52)20-18-23-41(58-42-35-34-39-21-8-9-22-40(39)36-42)24-19-33-51-56(5,6)53-49-31-16-13-28-46(49)47-29-14-17-32-50(47)54(53)57(51)7/h8-36H,1H2,2-7H3/b20-18+,24-19+,41-23-,51-33+. The Kier molecular flexibility index (Phi) is 9.49. The predicted octanol–water partition coefficient (Wildman–Crippen LogP) is 15.7. The summed E-state index contributed by atoms with van der Waals surface area (Å²) in [7, 11) is 2.23. The van der Waals surface area contributed by atoms with Gasteiger partial charge >= 0.3 is 0 Å². The Hall–Kier alpha value is -6.09. The van der Waals surface area contributed by atoms with Crippen LogP contribution in [0.25, 0.3) is 53.9 Å². The fourth-order valence-electron chi connectivity index (χ4n) is 9.57. The van der Waals surface area contributed by atoms with Gasteiger partial charge in [0.15, 0.2) is 0 Å². The van der Waals surface area contributed by atoms with E-state index in [0.29, 0.717) is 0 Å². The van der Waals surface area contributed by atoms with Crippen LogP contribution in [0.3, 0.4) is 0 Å². The Balaban J connectivity index is 1.09. The molecule has 9 rings (SSSR count). The minimum atomic E-state index is -0.300. The molecule has 1 aliphatic heterocycles.